The van der Waals surface area contributed by atoms with Gasteiger partial charge < -0.3 is 14.8 Å². The van der Waals surface area contributed by atoms with Crippen LogP contribution < -0.4 is 10.1 Å². The molecule has 0 radical (unpaired) electrons. The Morgan fingerprint density at radius 1 is 1.16 bits per heavy atom. The fourth-order valence-electron chi connectivity index (χ4n) is 2.66. The van der Waals surface area contributed by atoms with Gasteiger partial charge in [-0.05, 0) is 44.5 Å². The van der Waals surface area contributed by atoms with E-state index in [0.717, 1.165) is 60.3 Å². The quantitative estimate of drug-likeness (QED) is 0.636. The van der Waals surface area contributed by atoms with Crippen LogP contribution in [0.3, 0.4) is 0 Å². The Labute approximate surface area is 147 Å². The third-order valence-corrected chi connectivity index (χ3v) is 3.92. The number of rotatable bonds is 8. The zero-order valence-electron chi connectivity index (χ0n) is 15.0. The lowest BCUT2D eigenvalue weighted by atomic mass is 10.1. The minimum Gasteiger partial charge on any atom is -0.497 e. The molecule has 0 aliphatic rings. The van der Waals surface area contributed by atoms with Gasteiger partial charge in [0.05, 0.1) is 12.8 Å². The highest BCUT2D eigenvalue weighted by Crippen LogP contribution is 2.24. The first-order chi connectivity index (χ1) is 12.2. The summed E-state index contributed by atoms with van der Waals surface area (Å²) in [6.07, 6.45) is 0.948. The van der Waals surface area contributed by atoms with Gasteiger partial charge in [0, 0.05) is 43.1 Å². The van der Waals surface area contributed by atoms with Crippen LogP contribution in [-0.2, 0) is 4.74 Å². The van der Waals surface area contributed by atoms with E-state index >= 15 is 0 Å². The van der Waals surface area contributed by atoms with Crippen molar-refractivity contribution < 1.29 is 9.47 Å². The molecule has 0 aliphatic carbocycles. The minimum atomic E-state index is 0.753. The molecular formula is C19H24N4O2. The molecule has 3 rings (SSSR count). The largest absolute Gasteiger partial charge is 0.497 e. The average molecular weight is 340 g/mol. The number of hydrogen-bond donors (Lipinski definition) is 1. The number of nitrogens with zero attached hydrogens (tertiary/aromatic N) is 3. The summed E-state index contributed by atoms with van der Waals surface area (Å²) in [6.45, 7) is 6.34. The second-order valence-electron chi connectivity index (χ2n) is 5.79. The Balaban J connectivity index is 1.84. The molecule has 0 bridgehead atoms. The number of fused-ring (bicyclic) bond motifs is 1. The molecule has 0 unspecified atom stereocenters. The molecule has 132 valence electrons. The lowest BCUT2D eigenvalue weighted by Crippen LogP contribution is -2.10. The number of anilines is 1. The van der Waals surface area contributed by atoms with Crippen molar-refractivity contribution in [1.29, 1.82) is 0 Å². The molecule has 2 heterocycles. The molecule has 0 spiro atoms. The van der Waals surface area contributed by atoms with E-state index < -0.39 is 0 Å². The molecule has 2 aromatic heterocycles. The molecule has 0 fully saturated rings. The monoisotopic (exact) mass is 340 g/mol. The van der Waals surface area contributed by atoms with Crippen molar-refractivity contribution in [2.75, 3.05) is 32.2 Å². The average Bonchev–Trinajstić information content (AvgIpc) is 3.05. The van der Waals surface area contributed by atoms with Gasteiger partial charge in [-0.15, -0.1) is 0 Å². The Morgan fingerprint density at radius 3 is 2.68 bits per heavy atom. The third-order valence-electron chi connectivity index (χ3n) is 3.92. The number of nitrogens with one attached hydrogen (secondary N) is 1. The molecule has 6 nitrogen and oxygen atoms in total. The summed E-state index contributed by atoms with van der Waals surface area (Å²) in [5.74, 6) is 1.77. The maximum Gasteiger partial charge on any atom is 0.158 e. The van der Waals surface area contributed by atoms with Gasteiger partial charge in [-0.1, -0.05) is 0 Å². The molecule has 6 heteroatoms. The first-order valence-corrected chi connectivity index (χ1v) is 8.54. The number of ether oxygens (including phenoxy) is 2. The smallest absolute Gasteiger partial charge is 0.158 e. The zero-order chi connectivity index (χ0) is 17.6. The van der Waals surface area contributed by atoms with E-state index in [1.54, 1.807) is 7.11 Å². The van der Waals surface area contributed by atoms with Crippen molar-refractivity contribution in [2.45, 2.75) is 20.3 Å². The van der Waals surface area contributed by atoms with Crippen molar-refractivity contribution >= 4 is 11.5 Å². The van der Waals surface area contributed by atoms with Gasteiger partial charge in [-0.2, -0.15) is 9.61 Å². The van der Waals surface area contributed by atoms with Crippen molar-refractivity contribution in [2.24, 2.45) is 0 Å². The van der Waals surface area contributed by atoms with Gasteiger partial charge in [0.1, 0.15) is 11.6 Å². The van der Waals surface area contributed by atoms with Crippen LogP contribution in [0, 0.1) is 6.92 Å². The van der Waals surface area contributed by atoms with Crippen LogP contribution in [0.2, 0.25) is 0 Å². The number of methoxy groups -OCH3 is 1. The van der Waals surface area contributed by atoms with E-state index in [4.69, 9.17) is 14.6 Å². The van der Waals surface area contributed by atoms with Gasteiger partial charge in [0.2, 0.25) is 0 Å². The summed E-state index contributed by atoms with van der Waals surface area (Å²) in [6, 6.07) is 11.9. The highest BCUT2D eigenvalue weighted by Gasteiger charge is 2.10. The van der Waals surface area contributed by atoms with Gasteiger partial charge in [-0.25, -0.2) is 4.98 Å². The van der Waals surface area contributed by atoms with Crippen LogP contribution in [0.4, 0.5) is 5.82 Å². The molecular weight excluding hydrogens is 316 g/mol. The second-order valence-corrected chi connectivity index (χ2v) is 5.79. The van der Waals surface area contributed by atoms with Crippen molar-refractivity contribution in [3.05, 3.63) is 42.1 Å². The fourth-order valence-corrected chi connectivity index (χ4v) is 2.66. The molecule has 0 atom stereocenters. The number of hydrogen-bond acceptors (Lipinski definition) is 5. The maximum absolute atomic E-state index is 5.38. The fraction of sp³-hybridized carbons (Fsp3) is 0.368. The summed E-state index contributed by atoms with van der Waals surface area (Å²) in [5, 5.41) is 8.15. The van der Waals surface area contributed by atoms with E-state index in [1.165, 1.54) is 0 Å². The molecule has 25 heavy (non-hydrogen) atoms. The predicted octanol–water partition coefficient (Wildman–Crippen LogP) is 3.55. The van der Waals surface area contributed by atoms with E-state index in [0.29, 0.717) is 0 Å². The number of benzene rings is 1. The summed E-state index contributed by atoms with van der Waals surface area (Å²) in [4.78, 5) is 4.58. The van der Waals surface area contributed by atoms with Crippen LogP contribution >= 0.6 is 0 Å². The molecule has 1 N–H and O–H groups in total. The SMILES string of the molecule is CCOCCCNc1cc(C)nc2cc(-c3ccc(OC)cc3)nn12. The number of aromatic nitrogens is 3. The van der Waals surface area contributed by atoms with E-state index in [9.17, 15) is 0 Å². The summed E-state index contributed by atoms with van der Waals surface area (Å²) < 4.78 is 12.4. The first-order valence-electron chi connectivity index (χ1n) is 8.54. The van der Waals surface area contributed by atoms with Crippen molar-refractivity contribution in [3.8, 4) is 17.0 Å². The Morgan fingerprint density at radius 2 is 1.96 bits per heavy atom. The summed E-state index contributed by atoms with van der Waals surface area (Å²) >= 11 is 0. The highest BCUT2D eigenvalue weighted by molar-refractivity contribution is 5.66. The third kappa shape index (κ3) is 4.09. The molecule has 0 aliphatic heterocycles. The highest BCUT2D eigenvalue weighted by atomic mass is 16.5. The van der Waals surface area contributed by atoms with E-state index in [-0.39, 0.29) is 0 Å². The summed E-state index contributed by atoms with van der Waals surface area (Å²) in [7, 11) is 1.66. The zero-order valence-corrected chi connectivity index (χ0v) is 15.0. The van der Waals surface area contributed by atoms with Gasteiger partial charge in [0.25, 0.3) is 0 Å². The molecule has 1 aromatic carbocycles. The molecule has 3 aromatic rings. The van der Waals surface area contributed by atoms with E-state index in [1.807, 2.05) is 54.8 Å². The molecule has 0 saturated carbocycles. The molecule has 0 saturated heterocycles. The normalized spacial score (nSPS) is 11.0. The predicted molar refractivity (Wildman–Crippen MR) is 99.3 cm³/mol. The standard InChI is InChI=1S/C19H24N4O2/c1-4-25-11-5-10-20-18-12-14(2)21-19-13-17(22-23(18)19)15-6-8-16(24-3)9-7-15/h6-9,12-13,20H,4-5,10-11H2,1-3H3. The van der Waals surface area contributed by atoms with Crippen LogP contribution in [-0.4, -0.2) is 41.5 Å². The Kier molecular flexibility index (Phi) is 5.50. The number of aryl methyl sites for hydroxylation is 1. The maximum atomic E-state index is 5.38. The lowest BCUT2D eigenvalue weighted by Gasteiger charge is -2.09. The Bertz CT molecular complexity index is 827. The minimum absolute atomic E-state index is 0.753. The van der Waals surface area contributed by atoms with Crippen LogP contribution in [0.15, 0.2) is 36.4 Å². The van der Waals surface area contributed by atoms with Gasteiger partial charge in [-0.3, -0.25) is 0 Å². The molecule has 0 amide bonds. The van der Waals surface area contributed by atoms with Crippen LogP contribution in [0.25, 0.3) is 16.9 Å². The van der Waals surface area contributed by atoms with Crippen LogP contribution in [0.1, 0.15) is 19.0 Å². The summed E-state index contributed by atoms with van der Waals surface area (Å²) in [5.41, 5.74) is 3.71. The Hall–Kier alpha value is -2.60. The second kappa shape index (κ2) is 7.98. The topological polar surface area (TPSA) is 60.7 Å². The van der Waals surface area contributed by atoms with E-state index in [2.05, 4.69) is 10.3 Å². The van der Waals surface area contributed by atoms with Crippen LogP contribution in [0.5, 0.6) is 5.75 Å². The lowest BCUT2D eigenvalue weighted by molar-refractivity contribution is 0.147. The first kappa shape index (κ1) is 17.2. The van der Waals surface area contributed by atoms with Gasteiger partial charge in [0.15, 0.2) is 5.65 Å². The van der Waals surface area contributed by atoms with Gasteiger partial charge >= 0.3 is 0 Å². The van der Waals surface area contributed by atoms with Crippen molar-refractivity contribution in [3.63, 3.8) is 0 Å². The van der Waals surface area contributed by atoms with Crippen molar-refractivity contribution in [1.82, 2.24) is 14.6 Å².